The molecule has 3 rings (SSSR count). The van der Waals surface area contributed by atoms with Crippen LogP contribution in [0.25, 0.3) is 0 Å². The molecule has 122 valence electrons. The zero-order chi connectivity index (χ0) is 16.4. The number of hydrogen-bond donors (Lipinski definition) is 0. The molecule has 2 aromatic rings. The Bertz CT molecular complexity index is 704. The maximum atomic E-state index is 11.4. The number of rotatable bonds is 5. The first-order valence-corrected chi connectivity index (χ1v) is 7.96. The summed E-state index contributed by atoms with van der Waals surface area (Å²) in [6, 6.07) is 6.32. The van der Waals surface area contributed by atoms with Crippen LogP contribution < -0.4 is 0 Å². The van der Waals surface area contributed by atoms with Crippen LogP contribution >= 0.6 is 0 Å². The quantitative estimate of drug-likeness (QED) is 0.785. The van der Waals surface area contributed by atoms with Crippen LogP contribution in [0, 0.1) is 13.8 Å². The van der Waals surface area contributed by atoms with Crippen molar-refractivity contribution in [1.29, 1.82) is 0 Å². The minimum atomic E-state index is -0.606. The van der Waals surface area contributed by atoms with Gasteiger partial charge in [0.1, 0.15) is 6.10 Å². The van der Waals surface area contributed by atoms with Gasteiger partial charge in [0.05, 0.1) is 12.0 Å². The normalized spacial score (nSPS) is 15.3. The van der Waals surface area contributed by atoms with E-state index < -0.39 is 6.16 Å². The number of ether oxygens (including phenoxy) is 2. The van der Waals surface area contributed by atoms with Crippen LogP contribution in [0.5, 0.6) is 0 Å². The summed E-state index contributed by atoms with van der Waals surface area (Å²) in [5.41, 5.74) is 4.79. The number of imidazole rings is 1. The number of aryl methyl sites for hydroxylation is 1. The topological polar surface area (TPSA) is 53.4 Å². The molecule has 1 heterocycles. The number of benzene rings is 1. The molecule has 1 saturated carbocycles. The second-order valence-corrected chi connectivity index (χ2v) is 6.16. The highest BCUT2D eigenvalue weighted by Gasteiger charge is 2.26. The highest BCUT2D eigenvalue weighted by molar-refractivity contribution is 5.60. The summed E-state index contributed by atoms with van der Waals surface area (Å²) in [6.07, 6.45) is 4.93. The SMILES string of the molecule is Cc1cccc([C@H](C)c2cn(COC(=O)OC3CC3)cn2)c1C. The number of carbonyl (C=O) groups is 1. The van der Waals surface area contributed by atoms with Gasteiger partial charge in [0.25, 0.3) is 0 Å². The Morgan fingerprint density at radius 3 is 2.91 bits per heavy atom. The fourth-order valence-corrected chi connectivity index (χ4v) is 2.56. The summed E-state index contributed by atoms with van der Waals surface area (Å²) in [6.45, 7) is 6.51. The van der Waals surface area contributed by atoms with Crippen LogP contribution in [0.15, 0.2) is 30.7 Å². The van der Waals surface area contributed by atoms with Crippen molar-refractivity contribution in [2.45, 2.75) is 52.4 Å². The molecule has 23 heavy (non-hydrogen) atoms. The molecule has 1 aromatic heterocycles. The molecule has 1 aromatic carbocycles. The molecule has 0 radical (unpaired) electrons. The minimum absolute atomic E-state index is 0.0603. The highest BCUT2D eigenvalue weighted by Crippen LogP contribution is 2.27. The third kappa shape index (κ3) is 3.73. The number of nitrogens with zero attached hydrogens (tertiary/aromatic N) is 2. The molecule has 1 aliphatic carbocycles. The number of carbonyl (C=O) groups excluding carboxylic acids is 1. The van der Waals surface area contributed by atoms with E-state index in [0.29, 0.717) is 0 Å². The van der Waals surface area contributed by atoms with E-state index in [1.807, 2.05) is 6.20 Å². The van der Waals surface area contributed by atoms with Crippen LogP contribution in [0.2, 0.25) is 0 Å². The van der Waals surface area contributed by atoms with Gasteiger partial charge in [0.15, 0.2) is 6.73 Å². The van der Waals surface area contributed by atoms with Gasteiger partial charge < -0.3 is 14.0 Å². The predicted octanol–water partition coefficient (Wildman–Crippen LogP) is 3.92. The molecule has 5 nitrogen and oxygen atoms in total. The number of hydrogen-bond acceptors (Lipinski definition) is 4. The molecular formula is C18H22N2O3. The Labute approximate surface area is 136 Å². The molecular weight excluding hydrogens is 292 g/mol. The van der Waals surface area contributed by atoms with Gasteiger partial charge >= 0.3 is 6.16 Å². The van der Waals surface area contributed by atoms with Crippen molar-refractivity contribution in [1.82, 2.24) is 9.55 Å². The van der Waals surface area contributed by atoms with Gasteiger partial charge in [0, 0.05) is 12.1 Å². The van der Waals surface area contributed by atoms with Crippen LogP contribution in [-0.4, -0.2) is 21.8 Å². The molecule has 1 fully saturated rings. The maximum absolute atomic E-state index is 11.4. The summed E-state index contributed by atoms with van der Waals surface area (Å²) in [5, 5.41) is 0. The first-order chi connectivity index (χ1) is 11.0. The van der Waals surface area contributed by atoms with E-state index in [1.165, 1.54) is 16.7 Å². The Morgan fingerprint density at radius 1 is 1.39 bits per heavy atom. The summed E-state index contributed by atoms with van der Waals surface area (Å²) in [4.78, 5) is 15.9. The van der Waals surface area contributed by atoms with Gasteiger partial charge in [-0.1, -0.05) is 25.1 Å². The van der Waals surface area contributed by atoms with Gasteiger partial charge in [-0.2, -0.15) is 0 Å². The fraction of sp³-hybridized carbons (Fsp3) is 0.444. The van der Waals surface area contributed by atoms with Crippen LogP contribution in [-0.2, 0) is 16.2 Å². The van der Waals surface area contributed by atoms with E-state index >= 15 is 0 Å². The molecule has 0 spiro atoms. The molecule has 0 bridgehead atoms. The Kier molecular flexibility index (Phi) is 4.37. The van der Waals surface area contributed by atoms with Crippen molar-refractivity contribution in [2.75, 3.05) is 0 Å². The third-order valence-corrected chi connectivity index (χ3v) is 4.33. The minimum Gasteiger partial charge on any atom is -0.431 e. The van der Waals surface area contributed by atoms with Crippen molar-refractivity contribution in [2.24, 2.45) is 0 Å². The molecule has 0 unspecified atom stereocenters. The van der Waals surface area contributed by atoms with Crippen LogP contribution in [0.4, 0.5) is 4.79 Å². The zero-order valence-electron chi connectivity index (χ0n) is 13.8. The average Bonchev–Trinajstić information content (AvgIpc) is 3.21. The lowest BCUT2D eigenvalue weighted by atomic mass is 9.92. The lowest BCUT2D eigenvalue weighted by molar-refractivity contribution is 0.0289. The van der Waals surface area contributed by atoms with Gasteiger partial charge in [0.2, 0.25) is 0 Å². The van der Waals surface area contributed by atoms with E-state index in [-0.39, 0.29) is 18.8 Å². The summed E-state index contributed by atoms with van der Waals surface area (Å²) in [5.74, 6) is 0.189. The molecule has 1 aliphatic rings. The van der Waals surface area contributed by atoms with Gasteiger partial charge in [-0.3, -0.25) is 0 Å². The Morgan fingerprint density at radius 2 is 2.17 bits per heavy atom. The fourth-order valence-electron chi connectivity index (χ4n) is 2.56. The standard InChI is InChI=1S/C18H22N2O3/c1-12-5-4-6-16(13(12)2)14(3)17-9-20(10-19-17)11-22-18(21)23-15-7-8-15/h4-6,9-10,14-15H,7-8,11H2,1-3H3/t14-/m0/s1. The van der Waals surface area contributed by atoms with Crippen molar-refractivity contribution >= 4 is 6.16 Å². The highest BCUT2D eigenvalue weighted by atomic mass is 16.7. The monoisotopic (exact) mass is 314 g/mol. The Hall–Kier alpha value is -2.30. The van der Waals surface area contributed by atoms with E-state index in [4.69, 9.17) is 9.47 Å². The first kappa shape index (κ1) is 15.6. The first-order valence-electron chi connectivity index (χ1n) is 7.96. The van der Waals surface area contributed by atoms with E-state index in [9.17, 15) is 4.79 Å². The molecule has 0 amide bonds. The lowest BCUT2D eigenvalue weighted by Gasteiger charge is -2.14. The average molecular weight is 314 g/mol. The molecule has 1 atom stereocenters. The Balaban J connectivity index is 1.63. The van der Waals surface area contributed by atoms with Crippen LogP contribution in [0.3, 0.4) is 0 Å². The van der Waals surface area contributed by atoms with Crippen molar-refractivity contribution in [3.63, 3.8) is 0 Å². The molecule has 0 saturated heterocycles. The van der Waals surface area contributed by atoms with E-state index in [0.717, 1.165) is 18.5 Å². The largest absolute Gasteiger partial charge is 0.510 e. The summed E-state index contributed by atoms with van der Waals surface area (Å²) >= 11 is 0. The second kappa shape index (κ2) is 6.44. The van der Waals surface area contributed by atoms with Gasteiger partial charge in [-0.05, 0) is 43.4 Å². The second-order valence-electron chi connectivity index (χ2n) is 6.16. The van der Waals surface area contributed by atoms with E-state index in [1.54, 1.807) is 10.9 Å². The van der Waals surface area contributed by atoms with Crippen LogP contribution in [0.1, 0.15) is 48.1 Å². The lowest BCUT2D eigenvalue weighted by Crippen LogP contribution is -2.11. The maximum Gasteiger partial charge on any atom is 0.510 e. The summed E-state index contributed by atoms with van der Waals surface area (Å²) < 4.78 is 11.9. The molecule has 0 N–H and O–H groups in total. The van der Waals surface area contributed by atoms with Gasteiger partial charge in [-0.25, -0.2) is 9.78 Å². The van der Waals surface area contributed by atoms with Crippen molar-refractivity contribution in [3.05, 3.63) is 53.1 Å². The molecule has 5 heteroatoms. The predicted molar refractivity (Wildman–Crippen MR) is 86.2 cm³/mol. The summed E-state index contributed by atoms with van der Waals surface area (Å²) in [7, 11) is 0. The molecule has 0 aliphatic heterocycles. The number of aromatic nitrogens is 2. The van der Waals surface area contributed by atoms with Crippen molar-refractivity contribution in [3.8, 4) is 0 Å². The zero-order valence-corrected chi connectivity index (χ0v) is 13.8. The van der Waals surface area contributed by atoms with Crippen molar-refractivity contribution < 1.29 is 14.3 Å². The van der Waals surface area contributed by atoms with Gasteiger partial charge in [-0.15, -0.1) is 0 Å². The smallest absolute Gasteiger partial charge is 0.431 e. The third-order valence-electron chi connectivity index (χ3n) is 4.33. The van der Waals surface area contributed by atoms with E-state index in [2.05, 4.69) is 44.0 Å².